The molecule has 0 amide bonds. The highest BCUT2D eigenvalue weighted by molar-refractivity contribution is 7.63. The van der Waals surface area contributed by atoms with Crippen LogP contribution in [0.25, 0.3) is 0 Å². The van der Waals surface area contributed by atoms with Crippen molar-refractivity contribution >= 4 is 23.3 Å². The van der Waals surface area contributed by atoms with Gasteiger partial charge in [-0.05, 0) is 34.2 Å². The Bertz CT molecular complexity index is 241. The van der Waals surface area contributed by atoms with Crippen molar-refractivity contribution in [1.82, 2.24) is 0 Å². The van der Waals surface area contributed by atoms with E-state index in [1.807, 2.05) is 27.7 Å². The summed E-state index contributed by atoms with van der Waals surface area (Å²) < 4.78 is 24.7. The van der Waals surface area contributed by atoms with E-state index in [1.54, 1.807) is 0 Å². The zero-order chi connectivity index (χ0) is 15.2. The van der Waals surface area contributed by atoms with Crippen molar-refractivity contribution in [2.24, 2.45) is 0 Å². The molecule has 0 heterocycles. The standard InChI is InChI=1S/C12H32O4Si3/c1-9-13-18(8,17(5,6)7)19(14-10-2,15-11-3)16-12-4/h9-12H2,1-8H3. The van der Waals surface area contributed by atoms with Crippen LogP contribution >= 0.6 is 0 Å². The maximum atomic E-state index is 6.30. The molecule has 0 aromatic rings. The maximum Gasteiger partial charge on any atom is 0.499 e. The zero-order valence-electron chi connectivity index (χ0n) is 14.0. The first kappa shape index (κ1) is 19.5. The molecule has 0 spiro atoms. The molecule has 19 heavy (non-hydrogen) atoms. The molecule has 0 aliphatic heterocycles. The lowest BCUT2D eigenvalue weighted by Gasteiger charge is -2.46. The minimum Gasteiger partial charge on any atom is -0.414 e. The third-order valence-electron chi connectivity index (χ3n) is 3.45. The molecule has 0 rings (SSSR count). The van der Waals surface area contributed by atoms with E-state index >= 15 is 0 Å². The Kier molecular flexibility index (Phi) is 8.27. The lowest BCUT2D eigenvalue weighted by atomic mass is 10.9. The molecule has 4 nitrogen and oxygen atoms in total. The van der Waals surface area contributed by atoms with Crippen molar-refractivity contribution in [3.8, 4) is 0 Å². The van der Waals surface area contributed by atoms with Gasteiger partial charge in [-0.25, -0.2) is 0 Å². The summed E-state index contributed by atoms with van der Waals surface area (Å²) in [4.78, 5) is 0. The van der Waals surface area contributed by atoms with Crippen LogP contribution in [-0.2, 0) is 17.7 Å². The van der Waals surface area contributed by atoms with E-state index in [0.29, 0.717) is 26.4 Å². The summed E-state index contributed by atoms with van der Waals surface area (Å²) in [5.74, 6) is 0. The van der Waals surface area contributed by atoms with Crippen LogP contribution in [0.4, 0.5) is 0 Å². The van der Waals surface area contributed by atoms with E-state index < -0.39 is 23.3 Å². The highest BCUT2D eigenvalue weighted by Gasteiger charge is 2.67. The fourth-order valence-electron chi connectivity index (χ4n) is 2.16. The molecule has 0 N–H and O–H groups in total. The van der Waals surface area contributed by atoms with E-state index in [2.05, 4.69) is 26.2 Å². The van der Waals surface area contributed by atoms with E-state index in [1.165, 1.54) is 0 Å². The minimum absolute atomic E-state index is 0.617. The summed E-state index contributed by atoms with van der Waals surface area (Å²) in [5, 5.41) is 0. The van der Waals surface area contributed by atoms with E-state index in [9.17, 15) is 0 Å². The number of hydrogen-bond acceptors (Lipinski definition) is 4. The molecule has 1 unspecified atom stereocenters. The molecule has 0 saturated carbocycles. The summed E-state index contributed by atoms with van der Waals surface area (Å²) in [7, 11) is -6.49. The molecule has 116 valence electrons. The third-order valence-corrected chi connectivity index (χ3v) is 34.1. The second kappa shape index (κ2) is 8.06. The fraction of sp³-hybridized carbons (Fsp3) is 1.00. The summed E-state index contributed by atoms with van der Waals surface area (Å²) >= 11 is 0. The Morgan fingerprint density at radius 2 is 0.895 bits per heavy atom. The highest BCUT2D eigenvalue weighted by Crippen LogP contribution is 2.32. The number of hydrogen-bond donors (Lipinski definition) is 0. The van der Waals surface area contributed by atoms with E-state index in [-0.39, 0.29) is 0 Å². The topological polar surface area (TPSA) is 36.9 Å². The predicted octanol–water partition coefficient (Wildman–Crippen LogP) is 3.14. The Morgan fingerprint density at radius 3 is 1.11 bits per heavy atom. The van der Waals surface area contributed by atoms with Gasteiger partial charge in [0.2, 0.25) is 0 Å². The Morgan fingerprint density at radius 1 is 0.579 bits per heavy atom. The first-order valence-corrected chi connectivity index (χ1v) is 16.9. The molecular formula is C12H32O4Si3. The van der Waals surface area contributed by atoms with Crippen molar-refractivity contribution in [2.75, 3.05) is 26.4 Å². The van der Waals surface area contributed by atoms with Crippen LogP contribution in [0.1, 0.15) is 27.7 Å². The van der Waals surface area contributed by atoms with Gasteiger partial charge in [0.25, 0.3) is 7.35 Å². The quantitative estimate of drug-likeness (QED) is 0.579. The van der Waals surface area contributed by atoms with E-state index in [0.717, 1.165) is 0 Å². The molecule has 0 radical (unpaired) electrons. The average Bonchev–Trinajstić information content (AvgIpc) is 2.28. The summed E-state index contributed by atoms with van der Waals surface area (Å²) in [5.41, 5.74) is 0. The fourth-order valence-corrected chi connectivity index (χ4v) is 25.9. The van der Waals surface area contributed by atoms with Crippen LogP contribution in [0.15, 0.2) is 0 Å². The van der Waals surface area contributed by atoms with Gasteiger partial charge in [-0.3, -0.25) is 0 Å². The van der Waals surface area contributed by atoms with Crippen molar-refractivity contribution in [1.29, 1.82) is 0 Å². The molecule has 0 aliphatic rings. The Hall–Kier alpha value is 0.491. The van der Waals surface area contributed by atoms with Gasteiger partial charge in [0.15, 0.2) is 0 Å². The van der Waals surface area contributed by atoms with Crippen LogP contribution < -0.4 is 0 Å². The number of rotatable bonds is 10. The molecule has 0 saturated heterocycles. The molecule has 7 heteroatoms. The van der Waals surface area contributed by atoms with Crippen LogP contribution in [0, 0.1) is 0 Å². The van der Waals surface area contributed by atoms with Gasteiger partial charge in [-0.15, -0.1) is 0 Å². The predicted molar refractivity (Wildman–Crippen MR) is 87.2 cm³/mol. The molecular weight excluding hydrogens is 292 g/mol. The third kappa shape index (κ3) is 4.23. The molecule has 0 bridgehead atoms. The largest absolute Gasteiger partial charge is 0.499 e. The van der Waals surface area contributed by atoms with Gasteiger partial charge >= 0.3 is 8.32 Å². The molecule has 1 atom stereocenters. The molecule has 0 fully saturated rings. The lowest BCUT2D eigenvalue weighted by molar-refractivity contribution is 0.0841. The molecule has 0 aliphatic carbocycles. The second-order valence-electron chi connectivity index (χ2n) is 5.57. The van der Waals surface area contributed by atoms with Crippen LogP contribution in [-0.4, -0.2) is 49.7 Å². The first-order valence-electron chi connectivity index (χ1n) is 7.30. The SMILES string of the molecule is CCO[Si](OCC)(OCC)[Si](C)(OCC)[Si](C)(C)C. The smallest absolute Gasteiger partial charge is 0.414 e. The summed E-state index contributed by atoms with van der Waals surface area (Å²) in [6.45, 7) is 19.9. The van der Waals surface area contributed by atoms with Gasteiger partial charge < -0.3 is 17.7 Å². The van der Waals surface area contributed by atoms with Crippen molar-refractivity contribution in [2.45, 2.75) is 53.9 Å². The van der Waals surface area contributed by atoms with Gasteiger partial charge in [0.1, 0.15) is 0 Å². The van der Waals surface area contributed by atoms with Gasteiger partial charge in [-0.2, -0.15) is 0 Å². The average molecular weight is 325 g/mol. The summed E-state index contributed by atoms with van der Waals surface area (Å²) in [6.07, 6.45) is 0. The maximum absolute atomic E-state index is 6.30. The van der Waals surface area contributed by atoms with Crippen LogP contribution in [0.5, 0.6) is 0 Å². The van der Waals surface area contributed by atoms with Crippen molar-refractivity contribution < 1.29 is 17.7 Å². The Balaban J connectivity index is 5.69. The molecule has 0 aromatic heterocycles. The van der Waals surface area contributed by atoms with Crippen molar-refractivity contribution in [3.05, 3.63) is 0 Å². The normalized spacial score (nSPS) is 16.4. The first-order chi connectivity index (χ1) is 8.74. The zero-order valence-corrected chi connectivity index (χ0v) is 17.0. The highest BCUT2D eigenvalue weighted by atomic mass is 29.7. The van der Waals surface area contributed by atoms with Gasteiger partial charge in [0.05, 0.1) is 7.59 Å². The van der Waals surface area contributed by atoms with Crippen LogP contribution in [0.3, 0.4) is 0 Å². The lowest BCUT2D eigenvalue weighted by Crippen LogP contribution is -2.79. The van der Waals surface area contributed by atoms with E-state index in [4.69, 9.17) is 17.7 Å². The second-order valence-corrected chi connectivity index (χ2v) is 28.0. The van der Waals surface area contributed by atoms with Crippen molar-refractivity contribution in [3.63, 3.8) is 0 Å². The van der Waals surface area contributed by atoms with Crippen LogP contribution in [0.2, 0.25) is 26.2 Å². The Labute approximate surface area is 121 Å². The van der Waals surface area contributed by atoms with Gasteiger partial charge in [0, 0.05) is 26.4 Å². The summed E-state index contributed by atoms with van der Waals surface area (Å²) in [6, 6.07) is 0. The monoisotopic (exact) mass is 324 g/mol. The molecule has 0 aromatic carbocycles. The minimum atomic E-state index is -2.73. The van der Waals surface area contributed by atoms with Gasteiger partial charge in [-0.1, -0.05) is 19.6 Å².